The minimum atomic E-state index is 0.0369. The molecule has 3 heteroatoms. The second-order valence-electron chi connectivity index (χ2n) is 2.81. The Hall–Kier alpha value is -0.120. The average Bonchev–Trinajstić information content (AvgIpc) is 1.85. The zero-order valence-electron chi connectivity index (χ0n) is 6.64. The second kappa shape index (κ2) is 3.32. The number of hydrogen-bond donors (Lipinski definition) is 1. The summed E-state index contributed by atoms with van der Waals surface area (Å²) in [6.07, 6.45) is 0. The lowest BCUT2D eigenvalue weighted by Gasteiger charge is -2.38. The van der Waals surface area contributed by atoms with Crippen LogP contribution in [0.4, 0.5) is 0 Å². The second-order valence-corrected chi connectivity index (χ2v) is 2.81. The van der Waals surface area contributed by atoms with Crippen LogP contribution < -0.4 is 5.32 Å². The van der Waals surface area contributed by atoms with Crippen LogP contribution in [0.15, 0.2) is 0 Å². The first-order valence-corrected chi connectivity index (χ1v) is 3.69. The highest BCUT2D eigenvalue weighted by Gasteiger charge is 2.32. The number of rotatable bonds is 4. The molecule has 1 heterocycles. The monoisotopic (exact) mass is 145 g/mol. The van der Waals surface area contributed by atoms with E-state index in [1.54, 1.807) is 0 Å². The molecule has 0 unspecified atom stereocenters. The van der Waals surface area contributed by atoms with Crippen molar-refractivity contribution in [3.05, 3.63) is 0 Å². The van der Waals surface area contributed by atoms with Crippen LogP contribution in [0.3, 0.4) is 0 Å². The zero-order chi connectivity index (χ0) is 7.45. The number of ether oxygens (including phenoxy) is 2. The first kappa shape index (κ1) is 7.98. The largest absolute Gasteiger partial charge is 0.356 e. The maximum Gasteiger partial charge on any atom is 0.147 e. The Labute approximate surface area is 61.7 Å². The van der Waals surface area contributed by atoms with Crippen molar-refractivity contribution in [2.45, 2.75) is 19.4 Å². The Morgan fingerprint density at radius 3 is 2.60 bits per heavy atom. The highest BCUT2D eigenvalue weighted by molar-refractivity contribution is 4.89. The van der Waals surface area contributed by atoms with Crippen LogP contribution in [0, 0.1) is 0 Å². The third kappa shape index (κ3) is 1.94. The lowest BCUT2D eigenvalue weighted by Crippen LogP contribution is -2.59. The molecule has 3 nitrogen and oxygen atoms in total. The SMILES string of the molecule is CCOCOC1(C)CNC1. The molecule has 10 heavy (non-hydrogen) atoms. The van der Waals surface area contributed by atoms with E-state index in [1.807, 2.05) is 6.92 Å². The van der Waals surface area contributed by atoms with Gasteiger partial charge in [-0.1, -0.05) is 0 Å². The Balaban J connectivity index is 2.01. The average molecular weight is 145 g/mol. The maximum atomic E-state index is 5.42. The van der Waals surface area contributed by atoms with E-state index in [2.05, 4.69) is 12.2 Å². The molecule has 0 aliphatic carbocycles. The van der Waals surface area contributed by atoms with E-state index in [1.165, 1.54) is 0 Å². The van der Waals surface area contributed by atoms with Crippen LogP contribution >= 0.6 is 0 Å². The predicted octanol–water partition coefficient (Wildman–Crippen LogP) is 0.359. The summed E-state index contributed by atoms with van der Waals surface area (Å²) >= 11 is 0. The van der Waals surface area contributed by atoms with Gasteiger partial charge in [0.05, 0.1) is 5.60 Å². The summed E-state index contributed by atoms with van der Waals surface area (Å²) in [5.41, 5.74) is 0.0369. The van der Waals surface area contributed by atoms with E-state index in [0.717, 1.165) is 19.7 Å². The van der Waals surface area contributed by atoms with Gasteiger partial charge in [0.1, 0.15) is 6.79 Å². The van der Waals surface area contributed by atoms with Gasteiger partial charge in [0.25, 0.3) is 0 Å². The highest BCUT2D eigenvalue weighted by Crippen LogP contribution is 2.14. The summed E-state index contributed by atoms with van der Waals surface area (Å²) in [4.78, 5) is 0. The summed E-state index contributed by atoms with van der Waals surface area (Å²) in [7, 11) is 0. The van der Waals surface area contributed by atoms with Crippen molar-refractivity contribution >= 4 is 0 Å². The lowest BCUT2D eigenvalue weighted by atomic mass is 10.0. The van der Waals surface area contributed by atoms with E-state index in [0.29, 0.717) is 6.79 Å². The molecule has 0 aromatic heterocycles. The Kier molecular flexibility index (Phi) is 2.65. The third-order valence-electron chi connectivity index (χ3n) is 1.69. The fraction of sp³-hybridized carbons (Fsp3) is 1.00. The van der Waals surface area contributed by atoms with Gasteiger partial charge >= 0.3 is 0 Å². The Morgan fingerprint density at radius 1 is 1.50 bits per heavy atom. The van der Waals surface area contributed by atoms with Crippen LogP contribution in [0.1, 0.15) is 13.8 Å². The van der Waals surface area contributed by atoms with Crippen molar-refractivity contribution in [3.63, 3.8) is 0 Å². The molecule has 0 bridgehead atoms. The lowest BCUT2D eigenvalue weighted by molar-refractivity contribution is -0.151. The molecule has 0 aromatic rings. The molecule has 0 atom stereocenters. The molecule has 1 fully saturated rings. The zero-order valence-corrected chi connectivity index (χ0v) is 6.64. The van der Waals surface area contributed by atoms with Gasteiger partial charge in [0.2, 0.25) is 0 Å². The molecule has 0 aromatic carbocycles. The summed E-state index contributed by atoms with van der Waals surface area (Å²) in [5.74, 6) is 0. The summed E-state index contributed by atoms with van der Waals surface area (Å²) in [5, 5.41) is 3.15. The van der Waals surface area contributed by atoms with E-state index in [4.69, 9.17) is 9.47 Å². The van der Waals surface area contributed by atoms with Crippen molar-refractivity contribution < 1.29 is 9.47 Å². The summed E-state index contributed by atoms with van der Waals surface area (Å²) < 4.78 is 10.5. The van der Waals surface area contributed by atoms with Crippen molar-refractivity contribution in [2.75, 3.05) is 26.5 Å². The summed E-state index contributed by atoms with van der Waals surface area (Å²) in [6, 6.07) is 0. The van der Waals surface area contributed by atoms with Gasteiger partial charge in [-0.25, -0.2) is 0 Å². The molecule has 1 N–H and O–H groups in total. The number of hydrogen-bond acceptors (Lipinski definition) is 3. The highest BCUT2D eigenvalue weighted by atomic mass is 16.7. The molecular formula is C7H15NO2. The van der Waals surface area contributed by atoms with E-state index in [-0.39, 0.29) is 5.60 Å². The first-order valence-electron chi connectivity index (χ1n) is 3.69. The van der Waals surface area contributed by atoms with Crippen LogP contribution in [-0.2, 0) is 9.47 Å². The van der Waals surface area contributed by atoms with Crippen molar-refractivity contribution in [1.29, 1.82) is 0 Å². The minimum absolute atomic E-state index is 0.0369. The van der Waals surface area contributed by atoms with Gasteiger partial charge in [-0.05, 0) is 13.8 Å². The van der Waals surface area contributed by atoms with Crippen LogP contribution in [0.25, 0.3) is 0 Å². The van der Waals surface area contributed by atoms with Crippen molar-refractivity contribution in [1.82, 2.24) is 5.32 Å². The van der Waals surface area contributed by atoms with Crippen LogP contribution in [-0.4, -0.2) is 32.1 Å². The van der Waals surface area contributed by atoms with Gasteiger partial charge < -0.3 is 14.8 Å². The molecule has 1 rings (SSSR count). The topological polar surface area (TPSA) is 30.5 Å². The van der Waals surface area contributed by atoms with Crippen molar-refractivity contribution in [2.24, 2.45) is 0 Å². The van der Waals surface area contributed by atoms with Gasteiger partial charge in [0.15, 0.2) is 0 Å². The Bertz CT molecular complexity index is 102. The predicted molar refractivity (Wildman–Crippen MR) is 38.9 cm³/mol. The molecule has 0 amide bonds. The maximum absolute atomic E-state index is 5.42. The molecule has 1 aliphatic rings. The standard InChI is InChI=1S/C7H15NO2/c1-3-9-6-10-7(2)4-8-5-7/h8H,3-6H2,1-2H3. The molecule has 1 aliphatic heterocycles. The van der Waals surface area contributed by atoms with Crippen LogP contribution in [0.5, 0.6) is 0 Å². The third-order valence-corrected chi connectivity index (χ3v) is 1.69. The van der Waals surface area contributed by atoms with Gasteiger partial charge in [-0.15, -0.1) is 0 Å². The molecule has 0 saturated carbocycles. The quantitative estimate of drug-likeness (QED) is 0.457. The molecule has 1 saturated heterocycles. The molecular weight excluding hydrogens is 130 g/mol. The first-order chi connectivity index (χ1) is 4.77. The Morgan fingerprint density at radius 2 is 2.20 bits per heavy atom. The fourth-order valence-electron chi connectivity index (χ4n) is 0.846. The van der Waals surface area contributed by atoms with Gasteiger partial charge in [0, 0.05) is 19.7 Å². The van der Waals surface area contributed by atoms with E-state index in [9.17, 15) is 0 Å². The molecule has 0 radical (unpaired) electrons. The fourth-order valence-corrected chi connectivity index (χ4v) is 0.846. The van der Waals surface area contributed by atoms with E-state index < -0.39 is 0 Å². The van der Waals surface area contributed by atoms with Gasteiger partial charge in [-0.2, -0.15) is 0 Å². The normalized spacial score (nSPS) is 22.2. The summed E-state index contributed by atoms with van der Waals surface area (Å²) in [6.45, 7) is 7.09. The number of nitrogens with one attached hydrogen (secondary N) is 1. The van der Waals surface area contributed by atoms with Crippen LogP contribution in [0.2, 0.25) is 0 Å². The molecule has 60 valence electrons. The minimum Gasteiger partial charge on any atom is -0.356 e. The molecule has 0 spiro atoms. The van der Waals surface area contributed by atoms with Gasteiger partial charge in [-0.3, -0.25) is 0 Å². The smallest absolute Gasteiger partial charge is 0.147 e. The van der Waals surface area contributed by atoms with Crippen molar-refractivity contribution in [3.8, 4) is 0 Å². The van der Waals surface area contributed by atoms with E-state index >= 15 is 0 Å².